The first-order chi connectivity index (χ1) is 10.1. The second-order valence-corrected chi connectivity index (χ2v) is 4.94. The first-order valence-electron chi connectivity index (χ1n) is 5.99. The SMILES string of the molecule is O=C(/C=C/c1ccccc1Br)Nc1ccc(C(=O)O)nc1. The number of carboxylic acids is 1. The van der Waals surface area contributed by atoms with Crippen LogP contribution in [-0.2, 0) is 4.79 Å². The summed E-state index contributed by atoms with van der Waals surface area (Å²) in [5, 5.41) is 11.3. The van der Waals surface area contributed by atoms with Gasteiger partial charge in [-0.3, -0.25) is 4.79 Å². The van der Waals surface area contributed by atoms with Crippen molar-refractivity contribution in [3.8, 4) is 0 Å². The van der Waals surface area contributed by atoms with E-state index in [-0.39, 0.29) is 11.6 Å². The molecule has 6 heteroatoms. The number of nitrogens with zero attached hydrogens (tertiary/aromatic N) is 1. The molecule has 1 aromatic carbocycles. The van der Waals surface area contributed by atoms with E-state index < -0.39 is 5.97 Å². The Morgan fingerprint density at radius 2 is 1.95 bits per heavy atom. The number of halogens is 1. The van der Waals surface area contributed by atoms with Crippen molar-refractivity contribution in [2.75, 3.05) is 5.32 Å². The van der Waals surface area contributed by atoms with E-state index in [0.717, 1.165) is 10.0 Å². The molecule has 106 valence electrons. The number of nitrogens with one attached hydrogen (secondary N) is 1. The van der Waals surface area contributed by atoms with Crippen LogP contribution in [-0.4, -0.2) is 22.0 Å². The molecule has 5 nitrogen and oxygen atoms in total. The van der Waals surface area contributed by atoms with Crippen LogP contribution in [0.2, 0.25) is 0 Å². The molecule has 0 saturated heterocycles. The number of carbonyl (C=O) groups excluding carboxylic acids is 1. The molecule has 2 N–H and O–H groups in total. The maximum atomic E-state index is 11.8. The number of amides is 1. The molecule has 0 bridgehead atoms. The Morgan fingerprint density at radius 3 is 2.57 bits per heavy atom. The quantitative estimate of drug-likeness (QED) is 0.833. The highest BCUT2D eigenvalue weighted by Gasteiger charge is 2.04. The number of rotatable bonds is 4. The second-order valence-electron chi connectivity index (χ2n) is 4.08. The van der Waals surface area contributed by atoms with E-state index in [2.05, 4.69) is 26.2 Å². The van der Waals surface area contributed by atoms with E-state index in [4.69, 9.17) is 5.11 Å². The number of carboxylic acid groups (broad SMARTS) is 1. The topological polar surface area (TPSA) is 79.3 Å². The van der Waals surface area contributed by atoms with Crippen molar-refractivity contribution in [1.29, 1.82) is 0 Å². The van der Waals surface area contributed by atoms with Crippen molar-refractivity contribution in [1.82, 2.24) is 4.98 Å². The van der Waals surface area contributed by atoms with E-state index in [1.165, 1.54) is 24.4 Å². The molecule has 1 amide bonds. The predicted octanol–water partition coefficient (Wildman–Crippen LogP) is 3.19. The van der Waals surface area contributed by atoms with Crippen molar-refractivity contribution in [3.05, 3.63) is 64.4 Å². The summed E-state index contributed by atoms with van der Waals surface area (Å²) in [5.41, 5.74) is 1.24. The van der Waals surface area contributed by atoms with Crippen molar-refractivity contribution >= 4 is 39.6 Å². The number of benzene rings is 1. The fourth-order valence-corrected chi connectivity index (χ4v) is 1.97. The van der Waals surface area contributed by atoms with E-state index in [0.29, 0.717) is 5.69 Å². The van der Waals surface area contributed by atoms with Crippen LogP contribution in [0, 0.1) is 0 Å². The summed E-state index contributed by atoms with van der Waals surface area (Å²) in [7, 11) is 0. The van der Waals surface area contributed by atoms with Gasteiger partial charge in [0.2, 0.25) is 5.91 Å². The summed E-state index contributed by atoms with van der Waals surface area (Å²) in [6, 6.07) is 10.3. The first kappa shape index (κ1) is 14.9. The number of pyridine rings is 1. The average Bonchev–Trinajstić information content (AvgIpc) is 2.47. The van der Waals surface area contributed by atoms with Crippen molar-refractivity contribution in [2.24, 2.45) is 0 Å². The van der Waals surface area contributed by atoms with Gasteiger partial charge in [0.1, 0.15) is 5.69 Å². The Labute approximate surface area is 129 Å². The minimum absolute atomic E-state index is 0.0724. The normalized spacial score (nSPS) is 10.5. The summed E-state index contributed by atoms with van der Waals surface area (Å²) in [6.45, 7) is 0. The van der Waals surface area contributed by atoms with Crippen LogP contribution in [0.1, 0.15) is 16.1 Å². The van der Waals surface area contributed by atoms with Gasteiger partial charge in [0.05, 0.1) is 11.9 Å². The van der Waals surface area contributed by atoms with Gasteiger partial charge in [-0.2, -0.15) is 0 Å². The molecule has 2 aromatic rings. The van der Waals surface area contributed by atoms with Crippen LogP contribution in [0.3, 0.4) is 0 Å². The highest BCUT2D eigenvalue weighted by atomic mass is 79.9. The minimum atomic E-state index is -1.11. The van der Waals surface area contributed by atoms with E-state index in [1.54, 1.807) is 6.08 Å². The van der Waals surface area contributed by atoms with E-state index >= 15 is 0 Å². The maximum absolute atomic E-state index is 11.8. The lowest BCUT2D eigenvalue weighted by Gasteiger charge is -2.02. The van der Waals surface area contributed by atoms with Crippen molar-refractivity contribution in [3.63, 3.8) is 0 Å². The van der Waals surface area contributed by atoms with E-state index in [9.17, 15) is 9.59 Å². The monoisotopic (exact) mass is 346 g/mol. The standard InChI is InChI=1S/C15H11BrN2O3/c16-12-4-2-1-3-10(12)5-8-14(19)18-11-6-7-13(15(20)21)17-9-11/h1-9H,(H,18,19)(H,20,21)/b8-5+. The second kappa shape index (κ2) is 6.81. The summed E-state index contributed by atoms with van der Waals surface area (Å²) < 4.78 is 0.890. The maximum Gasteiger partial charge on any atom is 0.354 e. The van der Waals surface area contributed by atoms with Crippen LogP contribution in [0.4, 0.5) is 5.69 Å². The molecular formula is C15H11BrN2O3. The van der Waals surface area contributed by atoms with Gasteiger partial charge in [-0.25, -0.2) is 9.78 Å². The molecule has 0 radical (unpaired) electrons. The first-order valence-corrected chi connectivity index (χ1v) is 6.78. The molecule has 0 saturated carbocycles. The molecule has 0 aliphatic carbocycles. The zero-order valence-electron chi connectivity index (χ0n) is 10.8. The zero-order chi connectivity index (χ0) is 15.2. The van der Waals surface area contributed by atoms with Gasteiger partial charge in [0.25, 0.3) is 0 Å². The molecule has 0 spiro atoms. The Balaban J connectivity index is 2.02. The summed E-state index contributed by atoms with van der Waals surface area (Å²) in [4.78, 5) is 26.1. The van der Waals surface area contributed by atoms with Crippen LogP contribution < -0.4 is 5.32 Å². The number of carbonyl (C=O) groups is 2. The van der Waals surface area contributed by atoms with Crippen molar-refractivity contribution in [2.45, 2.75) is 0 Å². The van der Waals surface area contributed by atoms with Gasteiger partial charge in [0.15, 0.2) is 0 Å². The molecule has 0 aliphatic rings. The molecule has 0 unspecified atom stereocenters. The number of aromatic nitrogens is 1. The largest absolute Gasteiger partial charge is 0.477 e. The van der Waals surface area contributed by atoms with Gasteiger partial charge in [-0.1, -0.05) is 34.1 Å². The fourth-order valence-electron chi connectivity index (χ4n) is 1.55. The van der Waals surface area contributed by atoms with Crippen LogP contribution in [0.5, 0.6) is 0 Å². The van der Waals surface area contributed by atoms with E-state index in [1.807, 2.05) is 24.3 Å². The van der Waals surface area contributed by atoms with Gasteiger partial charge in [-0.15, -0.1) is 0 Å². The summed E-state index contributed by atoms with van der Waals surface area (Å²) >= 11 is 3.39. The molecular weight excluding hydrogens is 336 g/mol. The molecule has 1 aromatic heterocycles. The Bertz CT molecular complexity index is 696. The molecule has 0 atom stereocenters. The van der Waals surface area contributed by atoms with Gasteiger partial charge >= 0.3 is 5.97 Å². The lowest BCUT2D eigenvalue weighted by molar-refractivity contribution is -0.111. The van der Waals surface area contributed by atoms with Gasteiger partial charge in [0, 0.05) is 10.5 Å². The Hall–Kier alpha value is -2.47. The third-order valence-electron chi connectivity index (χ3n) is 2.57. The molecule has 2 rings (SSSR count). The number of hydrogen-bond acceptors (Lipinski definition) is 3. The highest BCUT2D eigenvalue weighted by molar-refractivity contribution is 9.10. The van der Waals surface area contributed by atoms with Crippen LogP contribution >= 0.6 is 15.9 Å². The number of anilines is 1. The number of hydrogen-bond donors (Lipinski definition) is 2. The molecule has 21 heavy (non-hydrogen) atoms. The zero-order valence-corrected chi connectivity index (χ0v) is 12.4. The lowest BCUT2D eigenvalue weighted by atomic mass is 10.2. The predicted molar refractivity (Wildman–Crippen MR) is 83.0 cm³/mol. The van der Waals surface area contributed by atoms with Crippen LogP contribution in [0.15, 0.2) is 53.1 Å². The van der Waals surface area contributed by atoms with Crippen molar-refractivity contribution < 1.29 is 14.7 Å². The molecule has 0 fully saturated rings. The van der Waals surface area contributed by atoms with Gasteiger partial charge < -0.3 is 10.4 Å². The summed E-state index contributed by atoms with van der Waals surface area (Å²) in [5.74, 6) is -1.43. The molecule has 0 aliphatic heterocycles. The van der Waals surface area contributed by atoms with Crippen LogP contribution in [0.25, 0.3) is 6.08 Å². The minimum Gasteiger partial charge on any atom is -0.477 e. The fraction of sp³-hybridized carbons (Fsp3) is 0. The Morgan fingerprint density at radius 1 is 1.19 bits per heavy atom. The Kier molecular flexibility index (Phi) is 4.84. The van der Waals surface area contributed by atoms with Gasteiger partial charge in [-0.05, 0) is 29.8 Å². The molecule has 1 heterocycles. The smallest absolute Gasteiger partial charge is 0.354 e. The number of aromatic carboxylic acids is 1. The lowest BCUT2D eigenvalue weighted by Crippen LogP contribution is -2.09. The third-order valence-corrected chi connectivity index (χ3v) is 3.29. The highest BCUT2D eigenvalue weighted by Crippen LogP contribution is 2.17. The average molecular weight is 347 g/mol. The third kappa shape index (κ3) is 4.25. The summed E-state index contributed by atoms with van der Waals surface area (Å²) in [6.07, 6.45) is 4.37.